The van der Waals surface area contributed by atoms with Gasteiger partial charge in [-0.25, -0.2) is 9.18 Å². The van der Waals surface area contributed by atoms with Crippen LogP contribution in [0, 0.1) is 5.82 Å². The molecule has 0 saturated heterocycles. The van der Waals surface area contributed by atoms with Crippen LogP contribution in [0.1, 0.15) is 34.3 Å². The van der Waals surface area contributed by atoms with Gasteiger partial charge >= 0.3 is 5.97 Å². The van der Waals surface area contributed by atoms with Crippen molar-refractivity contribution in [2.75, 3.05) is 11.9 Å². The van der Waals surface area contributed by atoms with Crippen LogP contribution in [0.2, 0.25) is 0 Å². The van der Waals surface area contributed by atoms with Crippen LogP contribution in [0.5, 0.6) is 0 Å². The first-order valence-electron chi connectivity index (χ1n) is 9.58. The zero-order valence-corrected chi connectivity index (χ0v) is 16.3. The maximum Gasteiger partial charge on any atom is 0.338 e. The Hall–Kier alpha value is -3.80. The van der Waals surface area contributed by atoms with Crippen LogP contribution >= 0.6 is 0 Å². The van der Waals surface area contributed by atoms with Gasteiger partial charge in [-0.3, -0.25) is 9.79 Å². The number of hydrogen-bond donors (Lipinski definition) is 1. The minimum Gasteiger partial charge on any atom is -0.462 e. The Bertz CT molecular complexity index is 1120. The number of halogens is 1. The van der Waals surface area contributed by atoms with Gasteiger partial charge in [0.2, 0.25) is 5.91 Å². The molecule has 4 rings (SSSR count). The summed E-state index contributed by atoms with van der Waals surface area (Å²) >= 11 is 0. The van der Waals surface area contributed by atoms with E-state index in [1.54, 1.807) is 37.3 Å². The van der Waals surface area contributed by atoms with Crippen molar-refractivity contribution in [3.05, 3.63) is 95.3 Å². The summed E-state index contributed by atoms with van der Waals surface area (Å²) in [7, 11) is 0. The number of hydrogen-bond acceptors (Lipinski definition) is 4. The lowest BCUT2D eigenvalue weighted by Crippen LogP contribution is -2.21. The minimum absolute atomic E-state index is 0.240. The van der Waals surface area contributed by atoms with Gasteiger partial charge in [0.25, 0.3) is 0 Å². The van der Waals surface area contributed by atoms with Crippen molar-refractivity contribution in [2.45, 2.75) is 12.8 Å². The summed E-state index contributed by atoms with van der Waals surface area (Å²) in [4.78, 5) is 29.7. The van der Waals surface area contributed by atoms with E-state index in [1.165, 1.54) is 12.1 Å². The molecule has 0 saturated carbocycles. The molecule has 1 heterocycles. The summed E-state index contributed by atoms with van der Waals surface area (Å²) in [5, 5.41) is 2.84. The number of ether oxygens (including phenoxy) is 1. The van der Waals surface area contributed by atoms with Crippen LogP contribution in [0.3, 0.4) is 0 Å². The third-order valence-electron chi connectivity index (χ3n) is 4.81. The van der Waals surface area contributed by atoms with Crippen molar-refractivity contribution in [2.24, 2.45) is 4.99 Å². The van der Waals surface area contributed by atoms with E-state index in [9.17, 15) is 14.0 Å². The Morgan fingerprint density at radius 1 is 1.03 bits per heavy atom. The molecule has 0 fully saturated rings. The number of amides is 1. The van der Waals surface area contributed by atoms with Crippen LogP contribution in [0.25, 0.3) is 0 Å². The number of aliphatic imine (C=N–C) groups is 1. The standard InChI is InChI=1S/C24H19FN2O3/c1-2-30-24(29)16-8-13-19-20(14-16)27-23(28)21(19)22(15-6-4-3-5-7-15)26-18-11-9-17(25)10-12-18/h3-14,21H,2H2,1H3,(H,27,28). The first kappa shape index (κ1) is 19.5. The lowest BCUT2D eigenvalue weighted by Gasteiger charge is -2.14. The van der Waals surface area contributed by atoms with Gasteiger partial charge in [0, 0.05) is 5.69 Å². The van der Waals surface area contributed by atoms with Crippen LogP contribution in [-0.4, -0.2) is 24.2 Å². The first-order valence-corrected chi connectivity index (χ1v) is 9.58. The van der Waals surface area contributed by atoms with E-state index in [4.69, 9.17) is 4.74 Å². The molecule has 3 aromatic rings. The number of anilines is 1. The summed E-state index contributed by atoms with van der Waals surface area (Å²) in [5.74, 6) is -1.70. The van der Waals surface area contributed by atoms with Crippen LogP contribution in [0.15, 0.2) is 77.8 Å². The maximum atomic E-state index is 13.3. The normalized spacial score (nSPS) is 15.5. The molecule has 150 valence electrons. The molecular weight excluding hydrogens is 383 g/mol. The van der Waals surface area contributed by atoms with Crippen LogP contribution in [0.4, 0.5) is 15.8 Å². The summed E-state index contributed by atoms with van der Waals surface area (Å²) < 4.78 is 18.4. The van der Waals surface area contributed by atoms with E-state index in [0.717, 1.165) is 11.1 Å². The Morgan fingerprint density at radius 2 is 1.77 bits per heavy atom. The van der Waals surface area contributed by atoms with E-state index in [2.05, 4.69) is 10.3 Å². The van der Waals surface area contributed by atoms with Crippen molar-refractivity contribution >= 4 is 29.0 Å². The third kappa shape index (κ3) is 3.85. The van der Waals surface area contributed by atoms with Gasteiger partial charge in [0.1, 0.15) is 11.7 Å². The van der Waals surface area contributed by atoms with Crippen molar-refractivity contribution in [3.63, 3.8) is 0 Å². The number of nitrogens with zero attached hydrogens (tertiary/aromatic N) is 1. The number of nitrogens with one attached hydrogen (secondary N) is 1. The van der Waals surface area contributed by atoms with Gasteiger partial charge in [-0.15, -0.1) is 0 Å². The highest BCUT2D eigenvalue weighted by molar-refractivity contribution is 6.24. The highest BCUT2D eigenvalue weighted by Gasteiger charge is 2.36. The fourth-order valence-corrected chi connectivity index (χ4v) is 3.43. The molecule has 6 heteroatoms. The predicted molar refractivity (Wildman–Crippen MR) is 113 cm³/mol. The molecule has 0 aromatic heterocycles. The molecule has 0 bridgehead atoms. The molecular formula is C24H19FN2O3. The van der Waals surface area contributed by atoms with Crippen LogP contribution < -0.4 is 5.32 Å². The highest BCUT2D eigenvalue weighted by atomic mass is 19.1. The Balaban J connectivity index is 1.80. The van der Waals surface area contributed by atoms with Crippen LogP contribution in [-0.2, 0) is 9.53 Å². The molecule has 5 nitrogen and oxygen atoms in total. The van der Waals surface area contributed by atoms with Crippen molar-refractivity contribution in [1.29, 1.82) is 0 Å². The van der Waals surface area contributed by atoms with Crippen molar-refractivity contribution in [1.82, 2.24) is 0 Å². The van der Waals surface area contributed by atoms with E-state index in [1.807, 2.05) is 30.3 Å². The fourth-order valence-electron chi connectivity index (χ4n) is 3.43. The molecule has 1 aliphatic heterocycles. The number of rotatable bonds is 5. The molecule has 1 unspecified atom stereocenters. The lowest BCUT2D eigenvalue weighted by molar-refractivity contribution is -0.115. The Kier molecular flexibility index (Phi) is 5.39. The molecule has 1 atom stereocenters. The number of fused-ring (bicyclic) bond motifs is 1. The lowest BCUT2D eigenvalue weighted by atomic mass is 9.90. The van der Waals surface area contributed by atoms with Gasteiger partial charge < -0.3 is 10.1 Å². The second kappa shape index (κ2) is 8.29. The molecule has 0 radical (unpaired) electrons. The number of carbonyl (C=O) groups is 2. The first-order chi connectivity index (χ1) is 14.6. The molecule has 0 aliphatic carbocycles. The molecule has 3 aromatic carbocycles. The second-order valence-corrected chi connectivity index (χ2v) is 6.78. The SMILES string of the molecule is CCOC(=O)c1ccc2c(c1)NC(=O)C2C(=Nc1ccc(F)cc1)c1ccccc1. The Morgan fingerprint density at radius 3 is 2.47 bits per heavy atom. The molecule has 30 heavy (non-hydrogen) atoms. The average Bonchev–Trinajstić information content (AvgIpc) is 3.09. The van der Waals surface area contributed by atoms with Gasteiger partial charge in [0.05, 0.1) is 23.6 Å². The zero-order valence-electron chi connectivity index (χ0n) is 16.3. The predicted octanol–water partition coefficient (Wildman–Crippen LogP) is 4.86. The van der Waals surface area contributed by atoms with Crippen molar-refractivity contribution < 1.29 is 18.7 Å². The summed E-state index contributed by atoms with van der Waals surface area (Å²) in [6.45, 7) is 2.01. The van der Waals surface area contributed by atoms with Crippen molar-refractivity contribution in [3.8, 4) is 0 Å². The minimum atomic E-state index is -0.663. The zero-order chi connectivity index (χ0) is 21.1. The van der Waals surface area contributed by atoms with Gasteiger partial charge in [-0.05, 0) is 54.4 Å². The monoisotopic (exact) mass is 402 g/mol. The highest BCUT2D eigenvalue weighted by Crippen LogP contribution is 2.37. The molecule has 0 spiro atoms. The van der Waals surface area contributed by atoms with Gasteiger partial charge in [0.15, 0.2) is 0 Å². The molecule has 1 N–H and O–H groups in total. The maximum absolute atomic E-state index is 13.3. The Labute approximate surface area is 173 Å². The average molecular weight is 402 g/mol. The summed E-state index contributed by atoms with van der Waals surface area (Å²) in [5.41, 5.74) is 3.51. The number of benzene rings is 3. The third-order valence-corrected chi connectivity index (χ3v) is 4.81. The van der Waals surface area contributed by atoms with E-state index < -0.39 is 11.9 Å². The van der Waals surface area contributed by atoms with Gasteiger partial charge in [-0.2, -0.15) is 0 Å². The summed E-state index contributed by atoms with van der Waals surface area (Å²) in [6, 6.07) is 20.2. The van der Waals surface area contributed by atoms with E-state index in [0.29, 0.717) is 22.6 Å². The summed E-state index contributed by atoms with van der Waals surface area (Å²) in [6.07, 6.45) is 0. The quantitative estimate of drug-likeness (QED) is 0.490. The second-order valence-electron chi connectivity index (χ2n) is 6.78. The van der Waals surface area contributed by atoms with Gasteiger partial charge in [-0.1, -0.05) is 36.4 Å². The van der Waals surface area contributed by atoms with E-state index >= 15 is 0 Å². The molecule has 1 aliphatic rings. The largest absolute Gasteiger partial charge is 0.462 e. The molecule has 1 amide bonds. The number of carbonyl (C=O) groups excluding carboxylic acids is 2. The topological polar surface area (TPSA) is 67.8 Å². The number of esters is 1. The van der Waals surface area contributed by atoms with E-state index in [-0.39, 0.29) is 18.3 Å². The fraction of sp³-hybridized carbons (Fsp3) is 0.125. The smallest absolute Gasteiger partial charge is 0.338 e.